The number of hydrogen-bond acceptors (Lipinski definition) is 6. The van der Waals surface area contributed by atoms with Gasteiger partial charge in [0.1, 0.15) is 6.10 Å². The Balaban J connectivity index is 1.84. The fourth-order valence-electron chi connectivity index (χ4n) is 5.08. The first-order valence-electron chi connectivity index (χ1n) is 7.89. The third-order valence-corrected chi connectivity index (χ3v) is 6.10. The number of nitrogens with zero attached hydrogens (tertiary/aromatic N) is 1. The quantitative estimate of drug-likeness (QED) is 0.389. The first-order valence-corrected chi connectivity index (χ1v) is 7.89. The van der Waals surface area contributed by atoms with Crippen LogP contribution in [0, 0.1) is 23.2 Å². The first-order chi connectivity index (χ1) is 10.9. The van der Waals surface area contributed by atoms with Crippen molar-refractivity contribution in [1.29, 1.82) is 0 Å². The number of piperidine rings is 1. The number of rotatable bonds is 0. The summed E-state index contributed by atoms with van der Waals surface area (Å²) in [6.45, 7) is 0.676. The first kappa shape index (κ1) is 13.8. The standard InChI is InChI=1S/C17H17NO5/c1-18-7-6-16-9-2-3-10(19)14(16)23-15-11(16)8(13(20)12(9)18)4-5-17(15,21)22/h4,9-10,12,14,19,21-22H,5-7H2,1H3/t9-,10-,12-,14-,16-/m0/s1. The van der Waals surface area contributed by atoms with Crippen molar-refractivity contribution < 1.29 is 24.9 Å². The third kappa shape index (κ3) is 1.35. The number of carbonyl (C=O) groups excluding carboxylic acids is 1. The van der Waals surface area contributed by atoms with Gasteiger partial charge in [-0.25, -0.2) is 0 Å². The SMILES string of the molecule is CN1CC[C@]23C4=C5O[C@H]2[C@@H](O)C#C[C@H]3[C@H]1C(=O)C4=CCC5(O)O. The molecular weight excluding hydrogens is 298 g/mol. The van der Waals surface area contributed by atoms with Gasteiger partial charge in [-0.1, -0.05) is 17.9 Å². The summed E-state index contributed by atoms with van der Waals surface area (Å²) in [5, 5.41) is 31.0. The summed E-state index contributed by atoms with van der Waals surface area (Å²) in [5.74, 6) is 3.42. The Labute approximate surface area is 133 Å². The second kappa shape index (κ2) is 3.87. The third-order valence-electron chi connectivity index (χ3n) is 6.10. The maximum Gasteiger partial charge on any atom is 0.226 e. The molecule has 120 valence electrons. The maximum atomic E-state index is 13.0. The number of ether oxygens (including phenoxy) is 1. The Morgan fingerprint density at radius 1 is 1.39 bits per heavy atom. The molecule has 1 saturated carbocycles. The minimum atomic E-state index is -2.13. The largest absolute Gasteiger partial charge is 0.484 e. The van der Waals surface area contributed by atoms with Gasteiger partial charge in [0.15, 0.2) is 17.6 Å². The summed E-state index contributed by atoms with van der Waals surface area (Å²) >= 11 is 0. The van der Waals surface area contributed by atoms with Crippen LogP contribution >= 0.6 is 0 Å². The Morgan fingerprint density at radius 2 is 2.17 bits per heavy atom. The van der Waals surface area contributed by atoms with Gasteiger partial charge < -0.3 is 20.1 Å². The molecule has 6 nitrogen and oxygen atoms in total. The molecule has 1 saturated heterocycles. The number of Topliss-reactive ketones (excluding diaryl/α,β-unsaturated/α-hetero) is 1. The van der Waals surface area contributed by atoms with Crippen molar-refractivity contribution in [3.8, 4) is 11.8 Å². The Morgan fingerprint density at radius 3 is 2.96 bits per heavy atom. The van der Waals surface area contributed by atoms with E-state index in [4.69, 9.17) is 4.74 Å². The lowest BCUT2D eigenvalue weighted by Gasteiger charge is -2.55. The molecule has 2 aliphatic heterocycles. The topological polar surface area (TPSA) is 90.2 Å². The van der Waals surface area contributed by atoms with Gasteiger partial charge in [-0.05, 0) is 20.0 Å². The predicted molar refractivity (Wildman–Crippen MR) is 77.5 cm³/mol. The number of aliphatic hydroxyl groups excluding tert-OH is 1. The smallest absolute Gasteiger partial charge is 0.226 e. The Hall–Kier alpha value is -1.65. The molecule has 5 aliphatic rings. The van der Waals surface area contributed by atoms with Crippen LogP contribution in [0.4, 0.5) is 0 Å². The molecule has 6 heteroatoms. The summed E-state index contributed by atoms with van der Waals surface area (Å²) in [4.78, 5) is 15.0. The van der Waals surface area contributed by atoms with Crippen molar-refractivity contribution in [3.05, 3.63) is 23.0 Å². The van der Waals surface area contributed by atoms with Crippen LogP contribution in [-0.4, -0.2) is 63.6 Å². The van der Waals surface area contributed by atoms with E-state index in [2.05, 4.69) is 11.8 Å². The molecule has 2 heterocycles. The van der Waals surface area contributed by atoms with Crippen LogP contribution in [0.1, 0.15) is 12.8 Å². The highest BCUT2D eigenvalue weighted by Crippen LogP contribution is 2.63. The zero-order valence-corrected chi connectivity index (χ0v) is 12.6. The molecule has 0 aromatic heterocycles. The van der Waals surface area contributed by atoms with E-state index in [1.165, 1.54) is 0 Å². The Kier molecular flexibility index (Phi) is 2.32. The van der Waals surface area contributed by atoms with E-state index in [-0.39, 0.29) is 29.9 Å². The van der Waals surface area contributed by atoms with Crippen molar-refractivity contribution >= 4 is 5.78 Å². The highest BCUT2D eigenvalue weighted by molar-refractivity contribution is 6.06. The number of aliphatic hydroxyl groups is 3. The lowest BCUT2D eigenvalue weighted by atomic mass is 9.51. The molecule has 3 aliphatic carbocycles. The van der Waals surface area contributed by atoms with Gasteiger partial charge in [0.25, 0.3) is 0 Å². The molecule has 5 atom stereocenters. The summed E-state index contributed by atoms with van der Waals surface area (Å²) in [7, 11) is 1.91. The van der Waals surface area contributed by atoms with Crippen LogP contribution in [0.3, 0.4) is 0 Å². The van der Waals surface area contributed by atoms with Crippen LogP contribution in [0.15, 0.2) is 23.0 Å². The second-order valence-corrected chi connectivity index (χ2v) is 7.17. The number of hydrogen-bond donors (Lipinski definition) is 3. The van der Waals surface area contributed by atoms with Gasteiger partial charge in [-0.15, -0.1) is 0 Å². The summed E-state index contributed by atoms with van der Waals surface area (Å²) in [6.07, 6.45) is 0.536. The van der Waals surface area contributed by atoms with Crippen LogP contribution in [0.2, 0.25) is 0 Å². The van der Waals surface area contributed by atoms with Gasteiger partial charge in [-0.2, -0.15) is 0 Å². The number of likely N-dealkylation sites (tertiary alicyclic amines) is 1. The van der Waals surface area contributed by atoms with Gasteiger partial charge in [0, 0.05) is 17.6 Å². The van der Waals surface area contributed by atoms with E-state index in [0.717, 1.165) is 0 Å². The van der Waals surface area contributed by atoms with Crippen LogP contribution in [-0.2, 0) is 9.53 Å². The average Bonchev–Trinajstić information content (AvgIpc) is 2.85. The van der Waals surface area contributed by atoms with E-state index in [0.29, 0.717) is 24.1 Å². The van der Waals surface area contributed by atoms with Crippen molar-refractivity contribution in [2.45, 2.75) is 36.9 Å². The van der Waals surface area contributed by atoms with Gasteiger partial charge >= 0.3 is 0 Å². The molecule has 2 bridgehead atoms. The molecule has 0 radical (unpaired) electrons. The van der Waals surface area contributed by atoms with Gasteiger partial charge in [-0.3, -0.25) is 9.69 Å². The average molecular weight is 315 g/mol. The van der Waals surface area contributed by atoms with Crippen molar-refractivity contribution in [3.63, 3.8) is 0 Å². The van der Waals surface area contributed by atoms with Crippen molar-refractivity contribution in [2.75, 3.05) is 13.6 Å². The molecular formula is C17H17NO5. The zero-order valence-electron chi connectivity index (χ0n) is 12.6. The number of carbonyl (C=O) groups is 1. The van der Waals surface area contributed by atoms with E-state index < -0.39 is 23.4 Å². The molecule has 0 amide bonds. The van der Waals surface area contributed by atoms with Gasteiger partial charge in [0.2, 0.25) is 5.79 Å². The maximum absolute atomic E-state index is 13.0. The van der Waals surface area contributed by atoms with E-state index in [1.807, 2.05) is 11.9 Å². The monoisotopic (exact) mass is 315 g/mol. The molecule has 5 rings (SSSR count). The summed E-state index contributed by atoms with van der Waals surface area (Å²) in [6, 6.07) is -0.367. The highest BCUT2D eigenvalue weighted by Gasteiger charge is 2.69. The lowest BCUT2D eigenvalue weighted by molar-refractivity contribution is -0.170. The van der Waals surface area contributed by atoms with Crippen LogP contribution < -0.4 is 0 Å². The summed E-state index contributed by atoms with van der Waals surface area (Å²) in [5.41, 5.74) is 0.463. The molecule has 0 aromatic carbocycles. The summed E-state index contributed by atoms with van der Waals surface area (Å²) < 4.78 is 5.85. The van der Waals surface area contributed by atoms with Crippen LogP contribution in [0.25, 0.3) is 0 Å². The van der Waals surface area contributed by atoms with E-state index in [9.17, 15) is 20.1 Å². The lowest BCUT2D eigenvalue weighted by Crippen LogP contribution is -2.65. The fourth-order valence-corrected chi connectivity index (χ4v) is 5.08. The minimum Gasteiger partial charge on any atom is -0.484 e. The Bertz CT molecular complexity index is 770. The molecule has 23 heavy (non-hydrogen) atoms. The zero-order chi connectivity index (χ0) is 16.1. The molecule has 0 aromatic rings. The van der Waals surface area contributed by atoms with E-state index in [1.54, 1.807) is 6.08 Å². The molecule has 1 spiro atoms. The molecule has 2 fully saturated rings. The van der Waals surface area contributed by atoms with Crippen LogP contribution in [0.5, 0.6) is 0 Å². The highest BCUT2D eigenvalue weighted by atomic mass is 16.6. The van der Waals surface area contributed by atoms with Gasteiger partial charge in [0.05, 0.1) is 17.4 Å². The van der Waals surface area contributed by atoms with Crippen molar-refractivity contribution in [2.24, 2.45) is 11.3 Å². The van der Waals surface area contributed by atoms with E-state index >= 15 is 0 Å². The molecule has 0 unspecified atom stereocenters. The van der Waals surface area contributed by atoms with Crippen molar-refractivity contribution in [1.82, 2.24) is 4.90 Å². The fraction of sp³-hybridized carbons (Fsp3) is 0.588. The number of ketones is 1. The minimum absolute atomic E-state index is 0.0332. The second-order valence-electron chi connectivity index (χ2n) is 7.17. The molecule has 3 N–H and O–H groups in total. The normalized spacial score (nSPS) is 45.7. The number of likely N-dealkylation sites (N-methyl/N-ethyl adjacent to an activating group) is 1. The predicted octanol–water partition coefficient (Wildman–Crippen LogP) is -1.08.